The summed E-state index contributed by atoms with van der Waals surface area (Å²) in [6, 6.07) is 7.03. The summed E-state index contributed by atoms with van der Waals surface area (Å²) >= 11 is 0. The molecule has 0 saturated carbocycles. The molecular formula is C17H25N3O2. The normalized spacial score (nSPS) is 19.0. The molecule has 1 aliphatic rings. The predicted octanol–water partition coefficient (Wildman–Crippen LogP) is 1.23. The highest BCUT2D eigenvalue weighted by Crippen LogP contribution is 2.10. The lowest BCUT2D eigenvalue weighted by Crippen LogP contribution is -2.52. The summed E-state index contributed by atoms with van der Waals surface area (Å²) < 4.78 is 0. The quantitative estimate of drug-likeness (QED) is 0.766. The van der Waals surface area contributed by atoms with Crippen molar-refractivity contribution in [1.82, 2.24) is 16.0 Å². The van der Waals surface area contributed by atoms with Gasteiger partial charge in [0.2, 0.25) is 5.91 Å². The van der Waals surface area contributed by atoms with Crippen molar-refractivity contribution in [2.75, 3.05) is 13.1 Å². The summed E-state index contributed by atoms with van der Waals surface area (Å²) in [6.45, 7) is 7.49. The molecule has 1 aromatic carbocycles. The topological polar surface area (TPSA) is 70.2 Å². The van der Waals surface area contributed by atoms with Crippen LogP contribution >= 0.6 is 0 Å². The smallest absolute Gasteiger partial charge is 0.252 e. The fraction of sp³-hybridized carbons (Fsp3) is 0.529. The van der Waals surface area contributed by atoms with Gasteiger partial charge in [0.15, 0.2) is 0 Å². The van der Waals surface area contributed by atoms with Crippen LogP contribution in [0.2, 0.25) is 0 Å². The number of aryl methyl sites for hydroxylation is 1. The van der Waals surface area contributed by atoms with Gasteiger partial charge in [0.1, 0.15) is 6.04 Å². The van der Waals surface area contributed by atoms with E-state index in [-0.39, 0.29) is 23.8 Å². The van der Waals surface area contributed by atoms with E-state index in [1.165, 1.54) is 0 Å². The summed E-state index contributed by atoms with van der Waals surface area (Å²) in [5.74, 6) is -0.274. The van der Waals surface area contributed by atoms with Gasteiger partial charge in [-0.1, -0.05) is 32.0 Å². The zero-order chi connectivity index (χ0) is 16.1. The molecule has 5 nitrogen and oxygen atoms in total. The molecule has 0 bridgehead atoms. The zero-order valence-corrected chi connectivity index (χ0v) is 13.5. The third-order valence-corrected chi connectivity index (χ3v) is 4.03. The molecule has 120 valence electrons. The van der Waals surface area contributed by atoms with Gasteiger partial charge in [-0.3, -0.25) is 9.59 Å². The molecule has 2 unspecified atom stereocenters. The second-order valence-electron chi connectivity index (χ2n) is 6.21. The van der Waals surface area contributed by atoms with Crippen LogP contribution in [0, 0.1) is 12.8 Å². The number of carbonyl (C=O) groups is 2. The molecule has 0 radical (unpaired) electrons. The Kier molecular flexibility index (Phi) is 5.55. The van der Waals surface area contributed by atoms with E-state index in [0.717, 1.165) is 25.1 Å². The number of carbonyl (C=O) groups excluding carboxylic acids is 2. The van der Waals surface area contributed by atoms with E-state index in [1.54, 1.807) is 6.07 Å². The van der Waals surface area contributed by atoms with Gasteiger partial charge in [-0.2, -0.15) is 0 Å². The number of benzene rings is 1. The first kappa shape index (κ1) is 16.5. The third-order valence-electron chi connectivity index (χ3n) is 4.03. The maximum atomic E-state index is 12.4. The molecule has 1 heterocycles. The highest BCUT2D eigenvalue weighted by atomic mass is 16.2. The van der Waals surface area contributed by atoms with E-state index < -0.39 is 6.04 Å². The van der Waals surface area contributed by atoms with Gasteiger partial charge in [0.25, 0.3) is 5.91 Å². The van der Waals surface area contributed by atoms with Crippen LogP contribution in [0.15, 0.2) is 24.3 Å². The Balaban J connectivity index is 2.03. The molecule has 22 heavy (non-hydrogen) atoms. The first-order valence-corrected chi connectivity index (χ1v) is 7.86. The van der Waals surface area contributed by atoms with Crippen LogP contribution < -0.4 is 16.0 Å². The maximum Gasteiger partial charge on any atom is 0.252 e. The largest absolute Gasteiger partial charge is 0.350 e. The van der Waals surface area contributed by atoms with Gasteiger partial charge in [0, 0.05) is 18.2 Å². The van der Waals surface area contributed by atoms with Crippen molar-refractivity contribution in [2.24, 2.45) is 5.92 Å². The molecule has 2 rings (SSSR count). The Morgan fingerprint density at radius 1 is 1.27 bits per heavy atom. The van der Waals surface area contributed by atoms with E-state index in [0.29, 0.717) is 5.56 Å². The molecule has 2 amide bonds. The molecule has 0 spiro atoms. The van der Waals surface area contributed by atoms with Gasteiger partial charge < -0.3 is 16.0 Å². The van der Waals surface area contributed by atoms with Crippen molar-refractivity contribution in [1.29, 1.82) is 0 Å². The summed E-state index contributed by atoms with van der Waals surface area (Å²) in [4.78, 5) is 24.9. The Morgan fingerprint density at radius 3 is 2.59 bits per heavy atom. The Bertz CT molecular complexity index is 536. The van der Waals surface area contributed by atoms with Crippen molar-refractivity contribution in [3.8, 4) is 0 Å². The molecular weight excluding hydrogens is 278 g/mol. The second kappa shape index (κ2) is 7.40. The average Bonchev–Trinajstić information content (AvgIpc) is 2.97. The monoisotopic (exact) mass is 303 g/mol. The van der Waals surface area contributed by atoms with E-state index >= 15 is 0 Å². The number of hydrogen-bond donors (Lipinski definition) is 3. The minimum atomic E-state index is -0.521. The van der Waals surface area contributed by atoms with Crippen LogP contribution in [0.1, 0.15) is 36.2 Å². The van der Waals surface area contributed by atoms with Gasteiger partial charge in [-0.15, -0.1) is 0 Å². The summed E-state index contributed by atoms with van der Waals surface area (Å²) in [6.07, 6.45) is 0.933. The van der Waals surface area contributed by atoms with Crippen LogP contribution in [0.25, 0.3) is 0 Å². The first-order valence-electron chi connectivity index (χ1n) is 7.86. The van der Waals surface area contributed by atoms with Crippen LogP contribution in [0.4, 0.5) is 0 Å². The van der Waals surface area contributed by atoms with Crippen molar-refractivity contribution < 1.29 is 9.59 Å². The van der Waals surface area contributed by atoms with Crippen LogP contribution in [-0.4, -0.2) is 37.0 Å². The summed E-state index contributed by atoms with van der Waals surface area (Å²) in [5, 5.41) is 9.11. The van der Waals surface area contributed by atoms with Crippen LogP contribution in [0.3, 0.4) is 0 Å². The SMILES string of the molecule is Cc1ccccc1C(=O)NC(C(=O)NC1CCNC1)C(C)C. The van der Waals surface area contributed by atoms with Gasteiger partial charge >= 0.3 is 0 Å². The van der Waals surface area contributed by atoms with E-state index in [1.807, 2.05) is 39.0 Å². The Labute approximate surface area is 131 Å². The lowest BCUT2D eigenvalue weighted by molar-refractivity contribution is -0.124. The fourth-order valence-electron chi connectivity index (χ4n) is 2.65. The van der Waals surface area contributed by atoms with E-state index in [2.05, 4.69) is 16.0 Å². The lowest BCUT2D eigenvalue weighted by atomic mass is 10.0. The molecule has 1 aliphatic heterocycles. The molecule has 5 heteroatoms. The Hall–Kier alpha value is -1.88. The predicted molar refractivity (Wildman–Crippen MR) is 86.7 cm³/mol. The summed E-state index contributed by atoms with van der Waals surface area (Å²) in [7, 11) is 0. The first-order chi connectivity index (χ1) is 10.5. The van der Waals surface area contributed by atoms with Crippen LogP contribution in [-0.2, 0) is 4.79 Å². The molecule has 1 saturated heterocycles. The number of nitrogens with one attached hydrogen (secondary N) is 3. The highest BCUT2D eigenvalue weighted by molar-refractivity contribution is 5.98. The van der Waals surface area contributed by atoms with Gasteiger partial charge in [-0.25, -0.2) is 0 Å². The second-order valence-corrected chi connectivity index (χ2v) is 6.21. The molecule has 1 aromatic rings. The molecule has 3 N–H and O–H groups in total. The fourth-order valence-corrected chi connectivity index (χ4v) is 2.65. The van der Waals surface area contributed by atoms with Crippen LogP contribution in [0.5, 0.6) is 0 Å². The molecule has 1 fully saturated rings. The summed E-state index contributed by atoms with van der Waals surface area (Å²) in [5.41, 5.74) is 1.52. The van der Waals surface area contributed by atoms with Gasteiger partial charge in [0.05, 0.1) is 0 Å². The maximum absolute atomic E-state index is 12.4. The number of rotatable bonds is 5. The zero-order valence-electron chi connectivity index (χ0n) is 13.5. The Morgan fingerprint density at radius 2 is 2.00 bits per heavy atom. The van der Waals surface area contributed by atoms with Crippen molar-refractivity contribution in [3.63, 3.8) is 0 Å². The standard InChI is InChI=1S/C17H25N3O2/c1-11(2)15(17(22)19-13-8-9-18-10-13)20-16(21)14-7-5-4-6-12(14)3/h4-7,11,13,15,18H,8-10H2,1-3H3,(H,19,22)(H,20,21). The molecule has 2 atom stereocenters. The van der Waals surface area contributed by atoms with Gasteiger partial charge in [-0.05, 0) is 37.4 Å². The van der Waals surface area contributed by atoms with E-state index in [9.17, 15) is 9.59 Å². The highest BCUT2D eigenvalue weighted by Gasteiger charge is 2.27. The lowest BCUT2D eigenvalue weighted by Gasteiger charge is -2.24. The third kappa shape index (κ3) is 4.07. The van der Waals surface area contributed by atoms with Crippen molar-refractivity contribution in [3.05, 3.63) is 35.4 Å². The van der Waals surface area contributed by atoms with Crippen molar-refractivity contribution >= 4 is 11.8 Å². The average molecular weight is 303 g/mol. The molecule has 0 aromatic heterocycles. The number of amides is 2. The minimum absolute atomic E-state index is 0.0299. The minimum Gasteiger partial charge on any atom is -0.350 e. The number of hydrogen-bond acceptors (Lipinski definition) is 3. The van der Waals surface area contributed by atoms with Crippen molar-refractivity contribution in [2.45, 2.75) is 39.3 Å². The van der Waals surface area contributed by atoms with E-state index in [4.69, 9.17) is 0 Å². The molecule has 0 aliphatic carbocycles.